The molecular weight excluding hydrogens is 228 g/mol. The molecule has 0 aromatic heterocycles. The van der Waals surface area contributed by atoms with Crippen molar-refractivity contribution < 1.29 is 13.2 Å². The maximum Gasteiger partial charge on any atom is 0.239 e. The van der Waals surface area contributed by atoms with E-state index in [1.165, 1.54) is 0 Å². The SMILES string of the molecule is CCNC(C)(C)C(=O)NC1CCS(=O)(=O)C1. The quantitative estimate of drug-likeness (QED) is 0.715. The third-order valence-corrected chi connectivity index (χ3v) is 4.52. The molecule has 1 aliphatic heterocycles. The molecule has 0 aromatic rings. The fourth-order valence-corrected chi connectivity index (χ4v) is 3.47. The Morgan fingerprint density at radius 1 is 1.44 bits per heavy atom. The van der Waals surface area contributed by atoms with Crippen LogP contribution in [-0.4, -0.2) is 44.0 Å². The summed E-state index contributed by atoms with van der Waals surface area (Å²) in [5.74, 6) is 0.108. The summed E-state index contributed by atoms with van der Waals surface area (Å²) in [6.45, 7) is 6.20. The lowest BCUT2D eigenvalue weighted by Gasteiger charge is -2.26. The van der Waals surface area contributed by atoms with Crippen molar-refractivity contribution >= 4 is 15.7 Å². The van der Waals surface area contributed by atoms with Crippen molar-refractivity contribution in [2.24, 2.45) is 0 Å². The maximum absolute atomic E-state index is 11.9. The summed E-state index contributed by atoms with van der Waals surface area (Å²) >= 11 is 0. The Morgan fingerprint density at radius 2 is 2.06 bits per heavy atom. The molecule has 0 radical (unpaired) electrons. The molecule has 1 saturated heterocycles. The summed E-state index contributed by atoms with van der Waals surface area (Å²) in [6, 6.07) is -0.226. The van der Waals surface area contributed by atoms with E-state index >= 15 is 0 Å². The van der Waals surface area contributed by atoms with Crippen molar-refractivity contribution in [3.63, 3.8) is 0 Å². The monoisotopic (exact) mass is 248 g/mol. The normalized spacial score (nSPS) is 24.3. The molecular formula is C10H20N2O3S. The minimum atomic E-state index is -2.93. The fraction of sp³-hybridized carbons (Fsp3) is 0.900. The number of hydrogen-bond acceptors (Lipinski definition) is 4. The van der Waals surface area contributed by atoms with Crippen LogP contribution in [0, 0.1) is 0 Å². The highest BCUT2D eigenvalue weighted by Crippen LogP contribution is 2.12. The van der Waals surface area contributed by atoms with Gasteiger partial charge in [0.2, 0.25) is 5.91 Å². The number of hydrogen-bond donors (Lipinski definition) is 2. The lowest BCUT2D eigenvalue weighted by molar-refractivity contribution is -0.127. The molecule has 1 atom stereocenters. The first kappa shape index (κ1) is 13.4. The number of carbonyl (C=O) groups is 1. The van der Waals surface area contributed by atoms with Gasteiger partial charge in [0, 0.05) is 6.04 Å². The molecule has 6 heteroatoms. The van der Waals surface area contributed by atoms with E-state index in [1.807, 2.05) is 6.92 Å². The summed E-state index contributed by atoms with van der Waals surface area (Å²) in [6.07, 6.45) is 0.524. The van der Waals surface area contributed by atoms with Crippen LogP contribution in [0.5, 0.6) is 0 Å². The molecule has 0 spiro atoms. The van der Waals surface area contributed by atoms with E-state index in [0.29, 0.717) is 13.0 Å². The molecule has 1 heterocycles. The molecule has 0 aromatic carbocycles. The average molecular weight is 248 g/mol. The molecule has 5 nitrogen and oxygen atoms in total. The third kappa shape index (κ3) is 3.45. The van der Waals surface area contributed by atoms with Crippen LogP contribution in [-0.2, 0) is 14.6 Å². The van der Waals surface area contributed by atoms with Crippen molar-refractivity contribution in [2.45, 2.75) is 38.8 Å². The first-order valence-electron chi connectivity index (χ1n) is 5.53. The van der Waals surface area contributed by atoms with Crippen LogP contribution in [0.1, 0.15) is 27.2 Å². The smallest absolute Gasteiger partial charge is 0.239 e. The third-order valence-electron chi connectivity index (χ3n) is 2.75. The van der Waals surface area contributed by atoms with Gasteiger partial charge in [-0.3, -0.25) is 4.79 Å². The maximum atomic E-state index is 11.9. The van der Waals surface area contributed by atoms with Crippen molar-refractivity contribution in [3.05, 3.63) is 0 Å². The standard InChI is InChI=1S/C10H20N2O3S/c1-4-11-10(2,3)9(13)12-8-5-6-16(14,15)7-8/h8,11H,4-7H2,1-3H3,(H,12,13). The minimum Gasteiger partial charge on any atom is -0.351 e. The number of sulfone groups is 1. The summed E-state index contributed by atoms with van der Waals surface area (Å²) in [5, 5.41) is 5.83. The van der Waals surface area contributed by atoms with Gasteiger partial charge in [-0.25, -0.2) is 8.42 Å². The van der Waals surface area contributed by atoms with Gasteiger partial charge in [0.15, 0.2) is 9.84 Å². The van der Waals surface area contributed by atoms with Gasteiger partial charge >= 0.3 is 0 Å². The Balaban J connectivity index is 2.53. The Bertz CT molecular complexity index is 362. The van der Waals surface area contributed by atoms with Gasteiger partial charge < -0.3 is 10.6 Å². The number of nitrogens with one attached hydrogen (secondary N) is 2. The number of amides is 1. The zero-order valence-corrected chi connectivity index (χ0v) is 10.9. The largest absolute Gasteiger partial charge is 0.351 e. The Labute approximate surface area is 96.9 Å². The second kappa shape index (κ2) is 4.71. The molecule has 1 amide bonds. The molecule has 1 unspecified atom stereocenters. The van der Waals surface area contributed by atoms with Crippen molar-refractivity contribution in [1.29, 1.82) is 0 Å². The summed E-state index contributed by atoms with van der Waals surface area (Å²) in [5.41, 5.74) is -0.652. The molecule has 0 saturated carbocycles. The highest BCUT2D eigenvalue weighted by atomic mass is 32.2. The molecule has 16 heavy (non-hydrogen) atoms. The Hall–Kier alpha value is -0.620. The zero-order chi connectivity index (χ0) is 12.4. The van der Waals surface area contributed by atoms with Gasteiger partial charge in [-0.15, -0.1) is 0 Å². The Kier molecular flexibility index (Phi) is 3.96. The van der Waals surface area contributed by atoms with Crippen LogP contribution in [0.3, 0.4) is 0 Å². The van der Waals surface area contributed by atoms with Gasteiger partial charge in [0.25, 0.3) is 0 Å². The van der Waals surface area contributed by atoms with Crippen molar-refractivity contribution in [1.82, 2.24) is 10.6 Å². The first-order chi connectivity index (χ1) is 7.27. The highest BCUT2D eigenvalue weighted by molar-refractivity contribution is 7.91. The van der Waals surface area contributed by atoms with E-state index in [2.05, 4.69) is 10.6 Å². The van der Waals surface area contributed by atoms with E-state index in [4.69, 9.17) is 0 Å². The molecule has 1 rings (SSSR count). The van der Waals surface area contributed by atoms with Gasteiger partial charge in [0.1, 0.15) is 0 Å². The average Bonchev–Trinajstić information content (AvgIpc) is 2.45. The fourth-order valence-electron chi connectivity index (χ4n) is 1.80. The summed E-state index contributed by atoms with van der Waals surface area (Å²) < 4.78 is 22.5. The van der Waals surface area contributed by atoms with E-state index in [1.54, 1.807) is 13.8 Å². The van der Waals surface area contributed by atoms with Crippen LogP contribution in [0.4, 0.5) is 0 Å². The van der Waals surface area contributed by atoms with Gasteiger partial charge in [-0.1, -0.05) is 6.92 Å². The number of rotatable bonds is 4. The molecule has 94 valence electrons. The Morgan fingerprint density at radius 3 is 2.50 bits per heavy atom. The molecule has 1 fully saturated rings. The summed E-state index contributed by atoms with van der Waals surface area (Å²) in [4.78, 5) is 11.9. The minimum absolute atomic E-state index is 0.0704. The highest BCUT2D eigenvalue weighted by Gasteiger charge is 2.33. The van der Waals surface area contributed by atoms with Crippen molar-refractivity contribution in [2.75, 3.05) is 18.1 Å². The van der Waals surface area contributed by atoms with Crippen LogP contribution >= 0.6 is 0 Å². The second-order valence-electron chi connectivity index (χ2n) is 4.73. The van der Waals surface area contributed by atoms with Crippen LogP contribution in [0.2, 0.25) is 0 Å². The van der Waals surface area contributed by atoms with Gasteiger partial charge in [-0.2, -0.15) is 0 Å². The number of likely N-dealkylation sites (N-methyl/N-ethyl adjacent to an activating group) is 1. The van der Waals surface area contributed by atoms with Crippen molar-refractivity contribution in [3.8, 4) is 0 Å². The predicted molar refractivity (Wildman–Crippen MR) is 63.0 cm³/mol. The predicted octanol–water partition coefficient (Wildman–Crippen LogP) is -0.322. The topological polar surface area (TPSA) is 75.3 Å². The van der Waals surface area contributed by atoms with Gasteiger partial charge in [0.05, 0.1) is 17.0 Å². The first-order valence-corrected chi connectivity index (χ1v) is 7.35. The van der Waals surface area contributed by atoms with Gasteiger partial charge in [-0.05, 0) is 26.8 Å². The van der Waals surface area contributed by atoms with E-state index in [9.17, 15) is 13.2 Å². The number of carbonyl (C=O) groups excluding carboxylic acids is 1. The summed E-state index contributed by atoms with van der Waals surface area (Å²) in [7, 11) is -2.93. The van der Waals surface area contributed by atoms with Crippen LogP contribution < -0.4 is 10.6 Å². The van der Waals surface area contributed by atoms with E-state index in [-0.39, 0.29) is 23.5 Å². The van der Waals surface area contributed by atoms with E-state index < -0.39 is 15.4 Å². The van der Waals surface area contributed by atoms with Crippen LogP contribution in [0.15, 0.2) is 0 Å². The van der Waals surface area contributed by atoms with Crippen LogP contribution in [0.25, 0.3) is 0 Å². The molecule has 2 N–H and O–H groups in total. The molecule has 0 bridgehead atoms. The molecule has 0 aliphatic carbocycles. The second-order valence-corrected chi connectivity index (χ2v) is 6.96. The zero-order valence-electron chi connectivity index (χ0n) is 10.0. The lowest BCUT2D eigenvalue weighted by atomic mass is 10.0. The lowest BCUT2D eigenvalue weighted by Crippen LogP contribution is -2.55. The molecule has 1 aliphatic rings. The van der Waals surface area contributed by atoms with E-state index in [0.717, 1.165) is 0 Å².